The van der Waals surface area contributed by atoms with Gasteiger partial charge in [0, 0.05) is 16.6 Å². The van der Waals surface area contributed by atoms with Crippen LogP contribution in [-0.4, -0.2) is 28.5 Å². The maximum absolute atomic E-state index is 12.7. The van der Waals surface area contributed by atoms with Gasteiger partial charge >= 0.3 is 0 Å². The van der Waals surface area contributed by atoms with Gasteiger partial charge in [0.25, 0.3) is 5.22 Å². The van der Waals surface area contributed by atoms with E-state index in [9.17, 15) is 4.79 Å². The number of fused-ring (bicyclic) bond motifs is 1. The number of methoxy groups -OCH3 is 1. The average Bonchev–Trinajstić information content (AvgIpc) is 3.22. The molecule has 1 atom stereocenters. The first kappa shape index (κ1) is 19.0. The van der Waals surface area contributed by atoms with Crippen molar-refractivity contribution in [2.45, 2.75) is 17.4 Å². The van der Waals surface area contributed by atoms with Crippen LogP contribution in [0.3, 0.4) is 0 Å². The summed E-state index contributed by atoms with van der Waals surface area (Å²) in [7, 11) is 1.61. The van der Waals surface area contributed by atoms with Crippen molar-refractivity contribution in [1.82, 2.24) is 10.2 Å². The average molecular weight is 405 g/mol. The summed E-state index contributed by atoms with van der Waals surface area (Å²) in [6.45, 7) is 1.81. The smallest absolute Gasteiger partial charge is 0.277 e. The molecular weight excluding hydrogens is 386 g/mol. The second kappa shape index (κ2) is 8.36. The lowest BCUT2D eigenvalue weighted by Gasteiger charge is -2.12. The molecule has 0 radical (unpaired) electrons. The highest BCUT2D eigenvalue weighted by Crippen LogP contribution is 2.29. The number of benzene rings is 3. The van der Waals surface area contributed by atoms with E-state index in [0.717, 1.165) is 27.8 Å². The molecule has 0 saturated heterocycles. The van der Waals surface area contributed by atoms with Gasteiger partial charge in [0.2, 0.25) is 11.8 Å². The van der Waals surface area contributed by atoms with E-state index in [2.05, 4.69) is 15.5 Å². The Hall–Kier alpha value is -3.32. The second-order valence-corrected chi connectivity index (χ2v) is 7.67. The summed E-state index contributed by atoms with van der Waals surface area (Å²) in [5, 5.41) is 13.1. The zero-order valence-electron chi connectivity index (χ0n) is 16.0. The molecule has 0 saturated carbocycles. The summed E-state index contributed by atoms with van der Waals surface area (Å²) < 4.78 is 10.9. The number of rotatable bonds is 6. The summed E-state index contributed by atoms with van der Waals surface area (Å²) >= 11 is 1.22. The Morgan fingerprint density at radius 1 is 1.03 bits per heavy atom. The number of anilines is 1. The monoisotopic (exact) mass is 405 g/mol. The van der Waals surface area contributed by atoms with Crippen molar-refractivity contribution in [3.05, 3.63) is 66.7 Å². The first-order valence-corrected chi connectivity index (χ1v) is 9.95. The molecule has 3 aromatic carbocycles. The summed E-state index contributed by atoms with van der Waals surface area (Å²) in [6, 6.07) is 21.1. The molecule has 1 aromatic heterocycles. The number of hydrogen-bond acceptors (Lipinski definition) is 6. The lowest BCUT2D eigenvalue weighted by Crippen LogP contribution is -2.22. The normalized spacial score (nSPS) is 11.9. The van der Waals surface area contributed by atoms with Crippen LogP contribution in [0.15, 0.2) is 76.4 Å². The van der Waals surface area contributed by atoms with Crippen LogP contribution in [0, 0.1) is 0 Å². The predicted octanol–water partition coefficient (Wildman–Crippen LogP) is 5.02. The highest BCUT2D eigenvalue weighted by atomic mass is 32.2. The summed E-state index contributed by atoms with van der Waals surface area (Å²) in [5.41, 5.74) is 1.57. The maximum Gasteiger partial charge on any atom is 0.277 e. The Morgan fingerprint density at radius 3 is 2.59 bits per heavy atom. The van der Waals surface area contributed by atoms with Gasteiger partial charge in [-0.05, 0) is 42.6 Å². The molecular formula is C22H19N3O3S. The van der Waals surface area contributed by atoms with Gasteiger partial charge in [0.15, 0.2) is 0 Å². The Kier molecular flexibility index (Phi) is 5.48. The van der Waals surface area contributed by atoms with Gasteiger partial charge in [-0.3, -0.25) is 4.79 Å². The highest BCUT2D eigenvalue weighted by Gasteiger charge is 2.19. The van der Waals surface area contributed by atoms with Crippen LogP contribution < -0.4 is 10.1 Å². The van der Waals surface area contributed by atoms with Gasteiger partial charge < -0.3 is 14.5 Å². The van der Waals surface area contributed by atoms with Crippen molar-refractivity contribution in [2.24, 2.45) is 0 Å². The topological polar surface area (TPSA) is 77.2 Å². The molecule has 0 fully saturated rings. The van der Waals surface area contributed by atoms with Gasteiger partial charge in [-0.15, -0.1) is 10.2 Å². The number of aromatic nitrogens is 2. The van der Waals surface area contributed by atoms with Crippen LogP contribution in [0.2, 0.25) is 0 Å². The Bertz CT molecular complexity index is 1140. The fourth-order valence-electron chi connectivity index (χ4n) is 2.88. The van der Waals surface area contributed by atoms with E-state index < -0.39 is 5.25 Å². The van der Waals surface area contributed by atoms with E-state index in [1.165, 1.54) is 11.8 Å². The first-order chi connectivity index (χ1) is 14.1. The van der Waals surface area contributed by atoms with Gasteiger partial charge in [0.1, 0.15) is 5.75 Å². The Labute approximate surface area is 172 Å². The van der Waals surface area contributed by atoms with Crippen LogP contribution in [-0.2, 0) is 4.79 Å². The highest BCUT2D eigenvalue weighted by molar-refractivity contribution is 8.00. The molecule has 29 heavy (non-hydrogen) atoms. The Morgan fingerprint density at radius 2 is 1.79 bits per heavy atom. The minimum absolute atomic E-state index is 0.129. The lowest BCUT2D eigenvalue weighted by atomic mass is 10.1. The predicted molar refractivity (Wildman–Crippen MR) is 114 cm³/mol. The van der Waals surface area contributed by atoms with Gasteiger partial charge in [-0.1, -0.05) is 48.2 Å². The zero-order valence-corrected chi connectivity index (χ0v) is 16.8. The number of nitrogens with zero attached hydrogens (tertiary/aromatic N) is 2. The van der Waals surface area contributed by atoms with Gasteiger partial charge in [-0.25, -0.2) is 0 Å². The quantitative estimate of drug-likeness (QED) is 0.454. The van der Waals surface area contributed by atoms with Crippen LogP contribution in [0.4, 0.5) is 5.69 Å². The minimum atomic E-state index is -0.405. The molecule has 1 amide bonds. The number of amides is 1. The van der Waals surface area contributed by atoms with E-state index in [1.807, 2.05) is 73.7 Å². The standard InChI is InChI=1S/C22H19N3O3S/c1-14(20(26)23-19-9-5-7-15-6-3-4-8-18(15)19)29-22-25-24-21(28-22)16-10-12-17(27-2)13-11-16/h3-14H,1-2H3,(H,23,26)/t14-/m1/s1. The largest absolute Gasteiger partial charge is 0.497 e. The SMILES string of the molecule is COc1ccc(-c2nnc(S[C@H](C)C(=O)Nc3cccc4ccccc34)o2)cc1. The molecule has 6 nitrogen and oxygen atoms in total. The molecule has 1 N–H and O–H groups in total. The van der Waals surface area contributed by atoms with Crippen LogP contribution in [0.25, 0.3) is 22.2 Å². The number of hydrogen-bond donors (Lipinski definition) is 1. The van der Waals surface area contributed by atoms with Crippen LogP contribution in [0.1, 0.15) is 6.92 Å². The van der Waals surface area contributed by atoms with Crippen molar-refractivity contribution >= 4 is 34.1 Å². The number of carbonyl (C=O) groups is 1. The summed E-state index contributed by atoms with van der Waals surface area (Å²) in [4.78, 5) is 12.7. The molecule has 1 heterocycles. The third-order valence-corrected chi connectivity index (χ3v) is 5.37. The molecule has 0 aliphatic carbocycles. The fraction of sp³-hybridized carbons (Fsp3) is 0.136. The first-order valence-electron chi connectivity index (χ1n) is 9.07. The third-order valence-electron chi connectivity index (χ3n) is 4.44. The van der Waals surface area contributed by atoms with Gasteiger partial charge in [0.05, 0.1) is 12.4 Å². The summed E-state index contributed by atoms with van der Waals surface area (Å²) in [6.07, 6.45) is 0. The number of nitrogens with one attached hydrogen (secondary N) is 1. The number of thioether (sulfide) groups is 1. The van der Waals surface area contributed by atoms with Crippen LogP contribution >= 0.6 is 11.8 Å². The molecule has 0 aliphatic rings. The number of carbonyl (C=O) groups excluding carboxylic acids is 1. The third kappa shape index (κ3) is 4.25. The van der Waals surface area contributed by atoms with Crippen molar-refractivity contribution in [3.8, 4) is 17.2 Å². The second-order valence-electron chi connectivity index (χ2n) is 6.38. The van der Waals surface area contributed by atoms with Crippen molar-refractivity contribution in [2.75, 3.05) is 12.4 Å². The summed E-state index contributed by atoms with van der Waals surface area (Å²) in [5.74, 6) is 1.02. The van der Waals surface area contributed by atoms with Gasteiger partial charge in [-0.2, -0.15) is 0 Å². The molecule has 4 aromatic rings. The molecule has 4 rings (SSSR count). The molecule has 146 valence electrons. The molecule has 7 heteroatoms. The number of ether oxygens (including phenoxy) is 1. The van der Waals surface area contributed by atoms with E-state index >= 15 is 0 Å². The van der Waals surface area contributed by atoms with E-state index in [1.54, 1.807) is 7.11 Å². The molecule has 0 spiro atoms. The molecule has 0 bridgehead atoms. The van der Waals surface area contributed by atoms with E-state index in [4.69, 9.17) is 9.15 Å². The lowest BCUT2D eigenvalue weighted by molar-refractivity contribution is -0.115. The van der Waals surface area contributed by atoms with Crippen LogP contribution in [0.5, 0.6) is 5.75 Å². The Balaban J connectivity index is 1.44. The van der Waals surface area contributed by atoms with Crippen molar-refractivity contribution < 1.29 is 13.9 Å². The van der Waals surface area contributed by atoms with Crippen molar-refractivity contribution in [1.29, 1.82) is 0 Å². The van der Waals surface area contributed by atoms with E-state index in [0.29, 0.717) is 11.1 Å². The fourth-order valence-corrected chi connectivity index (χ4v) is 3.56. The maximum atomic E-state index is 12.7. The minimum Gasteiger partial charge on any atom is -0.497 e. The molecule has 0 aliphatic heterocycles. The van der Waals surface area contributed by atoms with Crippen molar-refractivity contribution in [3.63, 3.8) is 0 Å². The zero-order chi connectivity index (χ0) is 20.2. The molecule has 0 unspecified atom stereocenters. The van der Waals surface area contributed by atoms with E-state index in [-0.39, 0.29) is 5.91 Å².